The fraction of sp³-hybridized carbons (Fsp3) is 0.550. The first-order chi connectivity index (χ1) is 12.1. The zero-order valence-electron chi connectivity index (χ0n) is 14.8. The minimum absolute atomic E-state index is 0.102. The topological polar surface area (TPSA) is 64.3 Å². The number of benzene rings is 1. The van der Waals surface area contributed by atoms with Crippen LogP contribution in [0, 0.1) is 5.41 Å². The Balaban J connectivity index is 1.73. The molecule has 0 aliphatic heterocycles. The van der Waals surface area contributed by atoms with E-state index in [1.807, 2.05) is 12.1 Å². The van der Waals surface area contributed by atoms with Gasteiger partial charge in [-0.05, 0) is 55.2 Å². The first kappa shape index (κ1) is 17.9. The second-order valence-corrected chi connectivity index (χ2v) is 7.45. The third-order valence-corrected chi connectivity index (χ3v) is 6.09. The van der Waals surface area contributed by atoms with E-state index in [1.54, 1.807) is 7.05 Å². The Labute approximate surface area is 148 Å². The van der Waals surface area contributed by atoms with Crippen molar-refractivity contribution in [3.8, 4) is 5.75 Å². The first-order valence-electron chi connectivity index (χ1n) is 9.01. The Hall–Kier alpha value is -1.88. The molecule has 3 rings (SSSR count). The molecule has 1 aromatic carbocycles. The van der Waals surface area contributed by atoms with Crippen LogP contribution in [0.5, 0.6) is 5.75 Å². The Morgan fingerprint density at radius 2 is 2.04 bits per heavy atom. The molecule has 5 heteroatoms. The summed E-state index contributed by atoms with van der Waals surface area (Å²) in [6.07, 6.45) is 6.68. The lowest BCUT2D eigenvalue weighted by molar-refractivity contribution is -0.131. The Morgan fingerprint density at radius 1 is 1.28 bits per heavy atom. The SMILES string of the molecule is CNC(=O)C12CCCC(c3ccc(OC/C(=C/F)CN)cc3)(CC1)C2. The van der Waals surface area contributed by atoms with Crippen LogP contribution in [0.2, 0.25) is 0 Å². The van der Waals surface area contributed by atoms with Gasteiger partial charge in [-0.1, -0.05) is 18.6 Å². The van der Waals surface area contributed by atoms with Crippen molar-refractivity contribution in [1.82, 2.24) is 5.32 Å². The summed E-state index contributed by atoms with van der Waals surface area (Å²) < 4.78 is 18.1. The smallest absolute Gasteiger partial charge is 0.225 e. The van der Waals surface area contributed by atoms with E-state index in [4.69, 9.17) is 10.5 Å². The molecule has 0 aromatic heterocycles. The van der Waals surface area contributed by atoms with Gasteiger partial charge in [0.25, 0.3) is 0 Å². The molecular formula is C20H27FN2O2. The number of nitrogens with one attached hydrogen (secondary N) is 1. The molecule has 0 heterocycles. The van der Waals surface area contributed by atoms with Gasteiger partial charge < -0.3 is 15.8 Å². The van der Waals surface area contributed by atoms with Crippen LogP contribution >= 0.6 is 0 Å². The number of hydrogen-bond acceptors (Lipinski definition) is 3. The largest absolute Gasteiger partial charge is 0.489 e. The zero-order valence-corrected chi connectivity index (χ0v) is 14.8. The van der Waals surface area contributed by atoms with E-state index in [1.165, 1.54) is 5.56 Å². The highest BCUT2D eigenvalue weighted by Gasteiger charge is 2.54. The van der Waals surface area contributed by atoms with Gasteiger partial charge >= 0.3 is 0 Å². The van der Waals surface area contributed by atoms with E-state index < -0.39 is 0 Å². The molecule has 2 saturated carbocycles. The number of carbonyl (C=O) groups is 1. The van der Waals surface area contributed by atoms with E-state index >= 15 is 0 Å². The van der Waals surface area contributed by atoms with Crippen LogP contribution in [0.1, 0.15) is 44.1 Å². The average Bonchev–Trinajstić information content (AvgIpc) is 2.94. The second-order valence-electron chi connectivity index (χ2n) is 7.45. The molecule has 1 aromatic rings. The second kappa shape index (κ2) is 7.16. The third kappa shape index (κ3) is 3.30. The molecule has 25 heavy (non-hydrogen) atoms. The fourth-order valence-corrected chi connectivity index (χ4v) is 4.67. The van der Waals surface area contributed by atoms with Crippen LogP contribution in [0.25, 0.3) is 0 Å². The van der Waals surface area contributed by atoms with Crippen molar-refractivity contribution in [3.05, 3.63) is 41.7 Å². The monoisotopic (exact) mass is 346 g/mol. The quantitative estimate of drug-likeness (QED) is 0.831. The highest BCUT2D eigenvalue weighted by Crippen LogP contribution is 2.59. The number of halogens is 1. The molecule has 0 spiro atoms. The van der Waals surface area contributed by atoms with Crippen LogP contribution in [-0.4, -0.2) is 26.1 Å². The number of nitrogens with two attached hydrogens (primary N) is 1. The van der Waals surface area contributed by atoms with Crippen molar-refractivity contribution >= 4 is 5.91 Å². The Bertz CT molecular complexity index is 658. The number of amides is 1. The molecule has 1 amide bonds. The van der Waals surface area contributed by atoms with E-state index in [0.29, 0.717) is 17.7 Å². The molecule has 2 atom stereocenters. The van der Waals surface area contributed by atoms with Gasteiger partial charge in [-0.3, -0.25) is 4.79 Å². The molecular weight excluding hydrogens is 319 g/mol. The van der Waals surface area contributed by atoms with Gasteiger partial charge in [-0.25, -0.2) is 4.39 Å². The van der Waals surface area contributed by atoms with E-state index in [0.717, 1.165) is 38.5 Å². The summed E-state index contributed by atoms with van der Waals surface area (Å²) in [4.78, 5) is 12.4. The van der Waals surface area contributed by atoms with Crippen molar-refractivity contribution in [3.63, 3.8) is 0 Å². The first-order valence-corrected chi connectivity index (χ1v) is 9.01. The van der Waals surface area contributed by atoms with Crippen molar-refractivity contribution < 1.29 is 13.9 Å². The van der Waals surface area contributed by atoms with E-state index in [9.17, 15) is 9.18 Å². The summed E-state index contributed by atoms with van der Waals surface area (Å²) in [5.41, 5.74) is 7.06. The van der Waals surface area contributed by atoms with Gasteiger partial charge in [0, 0.05) is 19.2 Å². The van der Waals surface area contributed by atoms with Crippen molar-refractivity contribution in [2.45, 2.75) is 43.9 Å². The maximum absolute atomic E-state index is 12.5. The maximum atomic E-state index is 12.5. The Morgan fingerprint density at radius 3 is 2.68 bits per heavy atom. The van der Waals surface area contributed by atoms with Gasteiger partial charge in [0.1, 0.15) is 12.4 Å². The summed E-state index contributed by atoms with van der Waals surface area (Å²) in [5, 5.41) is 2.86. The van der Waals surface area contributed by atoms with Gasteiger partial charge in [0.05, 0.1) is 11.7 Å². The lowest BCUT2D eigenvalue weighted by Crippen LogP contribution is -2.41. The summed E-state index contributed by atoms with van der Waals surface area (Å²) >= 11 is 0. The van der Waals surface area contributed by atoms with Crippen LogP contribution in [0.15, 0.2) is 36.2 Å². The van der Waals surface area contributed by atoms with Gasteiger partial charge in [-0.2, -0.15) is 0 Å². The summed E-state index contributed by atoms with van der Waals surface area (Å²) in [6, 6.07) is 8.07. The minimum Gasteiger partial charge on any atom is -0.489 e. The fourth-order valence-electron chi connectivity index (χ4n) is 4.67. The number of rotatable bonds is 6. The van der Waals surface area contributed by atoms with E-state index in [2.05, 4.69) is 17.4 Å². The predicted molar refractivity (Wildman–Crippen MR) is 96.1 cm³/mol. The molecule has 4 nitrogen and oxygen atoms in total. The van der Waals surface area contributed by atoms with Gasteiger partial charge in [0.2, 0.25) is 5.91 Å². The zero-order chi connectivity index (χ0) is 17.9. The average molecular weight is 346 g/mol. The molecule has 3 N–H and O–H groups in total. The van der Waals surface area contributed by atoms with Gasteiger partial charge in [-0.15, -0.1) is 0 Å². The maximum Gasteiger partial charge on any atom is 0.225 e. The van der Waals surface area contributed by atoms with Gasteiger partial charge in [0.15, 0.2) is 0 Å². The Kier molecular flexibility index (Phi) is 5.13. The standard InChI is InChI=1S/C20H27FN2O2/c1-23-18(24)20-8-2-7-19(14-20,9-10-20)16-3-5-17(6-4-16)25-13-15(11-21)12-22/h3-6,11H,2,7-10,12-14,22H2,1H3,(H,23,24)/b15-11+. The molecule has 136 valence electrons. The van der Waals surface area contributed by atoms with E-state index in [-0.39, 0.29) is 29.9 Å². The van der Waals surface area contributed by atoms with Crippen molar-refractivity contribution in [1.29, 1.82) is 0 Å². The molecule has 2 aliphatic rings. The lowest BCUT2D eigenvalue weighted by Gasteiger charge is -2.39. The molecule has 0 radical (unpaired) electrons. The number of fused-ring (bicyclic) bond motifs is 2. The summed E-state index contributed by atoms with van der Waals surface area (Å²) in [6.45, 7) is 0.316. The minimum atomic E-state index is -0.190. The highest BCUT2D eigenvalue weighted by molar-refractivity contribution is 5.83. The number of hydrogen-bond donors (Lipinski definition) is 2. The normalized spacial score (nSPS) is 28.7. The van der Waals surface area contributed by atoms with Crippen LogP contribution in [0.3, 0.4) is 0 Å². The van der Waals surface area contributed by atoms with Crippen LogP contribution < -0.4 is 15.8 Å². The number of ether oxygens (including phenoxy) is 1. The van der Waals surface area contributed by atoms with Crippen LogP contribution in [0.4, 0.5) is 4.39 Å². The summed E-state index contributed by atoms with van der Waals surface area (Å²) in [5.74, 6) is 0.903. The molecule has 2 bridgehead atoms. The van der Waals surface area contributed by atoms with Crippen molar-refractivity contribution in [2.24, 2.45) is 11.1 Å². The van der Waals surface area contributed by atoms with Crippen molar-refractivity contribution in [2.75, 3.05) is 20.2 Å². The summed E-state index contributed by atoms with van der Waals surface area (Å²) in [7, 11) is 1.74. The molecule has 0 saturated heterocycles. The third-order valence-electron chi connectivity index (χ3n) is 6.09. The molecule has 2 fully saturated rings. The highest BCUT2D eigenvalue weighted by atomic mass is 19.1. The predicted octanol–water partition coefficient (Wildman–Crippen LogP) is 3.22. The number of carbonyl (C=O) groups excluding carboxylic acids is 1. The van der Waals surface area contributed by atoms with Crippen LogP contribution in [-0.2, 0) is 10.2 Å². The molecule has 2 aliphatic carbocycles. The molecule has 2 unspecified atom stereocenters. The lowest BCUT2D eigenvalue weighted by atomic mass is 9.66.